The molecule has 1 aromatic carbocycles. The van der Waals surface area contributed by atoms with E-state index in [0.717, 1.165) is 32.5 Å². The van der Waals surface area contributed by atoms with Gasteiger partial charge in [0, 0.05) is 17.1 Å². The number of ether oxygens (including phenoxy) is 2. The standard InChI is InChI=1S/C19H18ClNO3S/c1-4-23-19(22)14-8-21-18(20)16-13(10-25-17(14)16)9-24-15-7-11(2)5-6-12(15)3/h5-8,10H,4,9H2,1-3H3. The zero-order valence-electron chi connectivity index (χ0n) is 14.3. The number of carbonyl (C=O) groups is 1. The molecular formula is C19H18ClNO3S. The fraction of sp³-hybridized carbons (Fsp3) is 0.263. The van der Waals surface area contributed by atoms with Gasteiger partial charge in [-0.1, -0.05) is 23.7 Å². The molecule has 0 aliphatic rings. The predicted octanol–water partition coefficient (Wildman–Crippen LogP) is 5.32. The molecule has 0 amide bonds. The molecular weight excluding hydrogens is 358 g/mol. The number of carbonyl (C=O) groups excluding carboxylic acids is 1. The molecule has 6 heteroatoms. The molecule has 0 atom stereocenters. The van der Waals surface area contributed by atoms with E-state index in [2.05, 4.69) is 11.1 Å². The normalized spacial score (nSPS) is 10.9. The second-order valence-electron chi connectivity index (χ2n) is 5.71. The Morgan fingerprint density at radius 2 is 2.12 bits per heavy atom. The second kappa shape index (κ2) is 7.42. The van der Waals surface area contributed by atoms with Gasteiger partial charge in [-0.3, -0.25) is 0 Å². The first-order valence-corrected chi connectivity index (χ1v) is 9.18. The summed E-state index contributed by atoms with van der Waals surface area (Å²) in [6.07, 6.45) is 1.47. The van der Waals surface area contributed by atoms with Crippen LogP contribution in [0.1, 0.15) is 34.0 Å². The van der Waals surface area contributed by atoms with Crippen molar-refractivity contribution in [2.75, 3.05) is 6.61 Å². The highest BCUT2D eigenvalue weighted by molar-refractivity contribution is 7.17. The largest absolute Gasteiger partial charge is 0.489 e. The van der Waals surface area contributed by atoms with E-state index >= 15 is 0 Å². The Kier molecular flexibility index (Phi) is 5.25. The molecule has 4 nitrogen and oxygen atoms in total. The number of pyridine rings is 1. The minimum Gasteiger partial charge on any atom is -0.489 e. The monoisotopic (exact) mass is 375 g/mol. The number of benzene rings is 1. The molecule has 0 unspecified atom stereocenters. The molecule has 3 aromatic rings. The maximum Gasteiger partial charge on any atom is 0.341 e. The highest BCUT2D eigenvalue weighted by atomic mass is 35.5. The van der Waals surface area contributed by atoms with E-state index in [1.807, 2.05) is 31.4 Å². The van der Waals surface area contributed by atoms with Gasteiger partial charge in [0.05, 0.1) is 16.9 Å². The molecule has 0 spiro atoms. The Balaban J connectivity index is 1.94. The van der Waals surface area contributed by atoms with E-state index < -0.39 is 0 Å². The van der Waals surface area contributed by atoms with Gasteiger partial charge < -0.3 is 9.47 Å². The molecule has 0 aliphatic heterocycles. The number of nitrogens with zero attached hydrogens (tertiary/aromatic N) is 1. The van der Waals surface area contributed by atoms with Crippen molar-refractivity contribution in [3.63, 3.8) is 0 Å². The summed E-state index contributed by atoms with van der Waals surface area (Å²) in [6, 6.07) is 6.09. The number of aromatic nitrogens is 1. The van der Waals surface area contributed by atoms with Crippen molar-refractivity contribution in [3.05, 3.63) is 57.2 Å². The molecule has 0 fully saturated rings. The first-order valence-electron chi connectivity index (χ1n) is 7.93. The quantitative estimate of drug-likeness (QED) is 0.447. The van der Waals surface area contributed by atoms with Gasteiger partial charge >= 0.3 is 5.97 Å². The van der Waals surface area contributed by atoms with E-state index in [4.69, 9.17) is 21.1 Å². The molecule has 25 heavy (non-hydrogen) atoms. The van der Waals surface area contributed by atoms with E-state index in [1.54, 1.807) is 6.92 Å². The van der Waals surface area contributed by atoms with Crippen LogP contribution in [-0.4, -0.2) is 17.6 Å². The number of fused-ring (bicyclic) bond motifs is 1. The number of thiophene rings is 1. The van der Waals surface area contributed by atoms with E-state index in [1.165, 1.54) is 17.5 Å². The summed E-state index contributed by atoms with van der Waals surface area (Å²) in [7, 11) is 0. The van der Waals surface area contributed by atoms with Crippen molar-refractivity contribution < 1.29 is 14.3 Å². The first-order chi connectivity index (χ1) is 12.0. The molecule has 2 aromatic heterocycles. The van der Waals surface area contributed by atoms with E-state index in [-0.39, 0.29) is 5.97 Å². The van der Waals surface area contributed by atoms with E-state index in [9.17, 15) is 4.79 Å². The lowest BCUT2D eigenvalue weighted by Gasteiger charge is -2.10. The average Bonchev–Trinajstić information content (AvgIpc) is 3.01. The predicted molar refractivity (Wildman–Crippen MR) is 101 cm³/mol. The van der Waals surface area contributed by atoms with Crippen LogP contribution in [-0.2, 0) is 11.3 Å². The highest BCUT2D eigenvalue weighted by Gasteiger charge is 2.18. The molecule has 3 rings (SSSR count). The lowest BCUT2D eigenvalue weighted by atomic mass is 10.1. The van der Waals surface area contributed by atoms with Crippen molar-refractivity contribution in [1.82, 2.24) is 4.98 Å². The van der Waals surface area contributed by atoms with Crippen molar-refractivity contribution in [3.8, 4) is 5.75 Å². The number of hydrogen-bond donors (Lipinski definition) is 0. The summed E-state index contributed by atoms with van der Waals surface area (Å²) in [5, 5.41) is 3.07. The molecule has 0 saturated carbocycles. The molecule has 0 radical (unpaired) electrons. The van der Waals surface area contributed by atoms with Crippen molar-refractivity contribution in [1.29, 1.82) is 0 Å². The minimum absolute atomic E-state index is 0.316. The zero-order chi connectivity index (χ0) is 18.0. The number of halogens is 1. The Morgan fingerprint density at radius 1 is 1.32 bits per heavy atom. The Hall–Kier alpha value is -2.11. The third kappa shape index (κ3) is 3.62. The van der Waals surface area contributed by atoms with Gasteiger partial charge in [0.2, 0.25) is 0 Å². The summed E-state index contributed by atoms with van der Waals surface area (Å²) in [5.41, 5.74) is 3.55. The Bertz CT molecular complexity index is 936. The molecule has 0 aliphatic carbocycles. The minimum atomic E-state index is -0.388. The molecule has 0 saturated heterocycles. The molecule has 130 valence electrons. The molecule has 0 N–H and O–H groups in total. The van der Waals surface area contributed by atoms with Gasteiger partial charge in [-0.15, -0.1) is 11.3 Å². The van der Waals surface area contributed by atoms with Gasteiger partial charge in [0.25, 0.3) is 0 Å². The smallest absolute Gasteiger partial charge is 0.341 e. The van der Waals surface area contributed by atoms with Crippen LogP contribution in [0, 0.1) is 13.8 Å². The van der Waals surface area contributed by atoms with Crippen LogP contribution in [0.2, 0.25) is 5.15 Å². The SMILES string of the molecule is CCOC(=O)c1cnc(Cl)c2c(COc3cc(C)ccc3C)csc12. The van der Waals surface area contributed by atoms with Crippen LogP contribution < -0.4 is 4.74 Å². The Labute approximate surface area is 155 Å². The van der Waals surface area contributed by atoms with Crippen LogP contribution in [0.5, 0.6) is 5.75 Å². The Morgan fingerprint density at radius 3 is 2.88 bits per heavy atom. The van der Waals surface area contributed by atoms with Crippen LogP contribution in [0.4, 0.5) is 0 Å². The van der Waals surface area contributed by atoms with Gasteiger partial charge in [0.1, 0.15) is 17.5 Å². The van der Waals surface area contributed by atoms with Crippen molar-refractivity contribution in [2.45, 2.75) is 27.4 Å². The number of hydrogen-bond acceptors (Lipinski definition) is 5. The van der Waals surface area contributed by atoms with E-state index in [0.29, 0.717) is 23.9 Å². The molecule has 0 bridgehead atoms. The van der Waals surface area contributed by atoms with Crippen molar-refractivity contribution >= 4 is 39.0 Å². The van der Waals surface area contributed by atoms with Gasteiger partial charge in [-0.05, 0) is 43.3 Å². The van der Waals surface area contributed by atoms with Crippen LogP contribution in [0.25, 0.3) is 10.1 Å². The van der Waals surface area contributed by atoms with Gasteiger partial charge in [-0.25, -0.2) is 9.78 Å². The van der Waals surface area contributed by atoms with Crippen molar-refractivity contribution in [2.24, 2.45) is 0 Å². The second-order valence-corrected chi connectivity index (χ2v) is 6.94. The summed E-state index contributed by atoms with van der Waals surface area (Å²) >= 11 is 7.73. The topological polar surface area (TPSA) is 48.4 Å². The first kappa shape index (κ1) is 17.7. The number of esters is 1. The summed E-state index contributed by atoms with van der Waals surface area (Å²) < 4.78 is 11.8. The van der Waals surface area contributed by atoms with Gasteiger partial charge in [-0.2, -0.15) is 0 Å². The fourth-order valence-corrected chi connectivity index (χ4v) is 3.92. The van der Waals surface area contributed by atoms with Crippen LogP contribution >= 0.6 is 22.9 Å². The average molecular weight is 376 g/mol. The third-order valence-electron chi connectivity index (χ3n) is 3.85. The number of aryl methyl sites for hydroxylation is 2. The summed E-state index contributed by atoms with van der Waals surface area (Å²) in [5.74, 6) is 0.450. The zero-order valence-corrected chi connectivity index (χ0v) is 15.8. The molecule has 2 heterocycles. The highest BCUT2D eigenvalue weighted by Crippen LogP contribution is 2.34. The van der Waals surface area contributed by atoms with Crippen LogP contribution in [0.15, 0.2) is 29.8 Å². The maximum atomic E-state index is 12.1. The fourth-order valence-electron chi connectivity index (χ4n) is 2.54. The lowest BCUT2D eigenvalue weighted by molar-refractivity contribution is 0.0528. The summed E-state index contributed by atoms with van der Waals surface area (Å²) in [4.78, 5) is 16.3. The van der Waals surface area contributed by atoms with Crippen LogP contribution in [0.3, 0.4) is 0 Å². The maximum absolute atomic E-state index is 12.1. The third-order valence-corrected chi connectivity index (χ3v) is 5.20. The number of rotatable bonds is 5. The summed E-state index contributed by atoms with van der Waals surface area (Å²) in [6.45, 7) is 6.48. The van der Waals surface area contributed by atoms with Gasteiger partial charge in [0.15, 0.2) is 0 Å². The lowest BCUT2D eigenvalue weighted by Crippen LogP contribution is -2.05.